The van der Waals surface area contributed by atoms with Crippen LogP contribution in [-0.2, 0) is 6.42 Å². The summed E-state index contributed by atoms with van der Waals surface area (Å²) >= 11 is 0. The number of rotatable bonds is 5. The molecule has 1 heteroatoms. The van der Waals surface area contributed by atoms with Crippen LogP contribution < -0.4 is 0 Å². The van der Waals surface area contributed by atoms with Crippen molar-refractivity contribution in [1.29, 1.82) is 0 Å². The Kier molecular flexibility index (Phi) is 4.52. The molecule has 0 aromatic carbocycles. The number of hydrogen-bond acceptors (Lipinski definition) is 1. The molecule has 1 rings (SSSR count). The van der Waals surface area contributed by atoms with Crippen molar-refractivity contribution >= 4 is 0 Å². The van der Waals surface area contributed by atoms with Crippen LogP contribution in [0.5, 0.6) is 0 Å². The maximum Gasteiger partial charge on any atom is 0.0403 e. The van der Waals surface area contributed by atoms with Crippen LogP contribution in [-0.4, -0.2) is 4.98 Å². The van der Waals surface area contributed by atoms with Gasteiger partial charge >= 0.3 is 0 Å². The van der Waals surface area contributed by atoms with E-state index in [1.165, 1.54) is 36.9 Å². The Morgan fingerprint density at radius 1 is 1.15 bits per heavy atom. The zero-order valence-electron chi connectivity index (χ0n) is 8.71. The maximum atomic E-state index is 4.38. The second kappa shape index (κ2) is 5.74. The summed E-state index contributed by atoms with van der Waals surface area (Å²) in [6, 6.07) is 4.28. The highest BCUT2D eigenvalue weighted by atomic mass is 14.7. The molecule has 1 nitrogen and oxygen atoms in total. The van der Waals surface area contributed by atoms with Gasteiger partial charge in [0.15, 0.2) is 0 Å². The Morgan fingerprint density at radius 2 is 2.00 bits per heavy atom. The first-order valence-corrected chi connectivity index (χ1v) is 5.24. The zero-order chi connectivity index (χ0) is 9.52. The van der Waals surface area contributed by atoms with Crippen molar-refractivity contribution in [2.45, 2.75) is 46.0 Å². The summed E-state index contributed by atoms with van der Waals surface area (Å²) in [5.41, 5.74) is 2.49. The van der Waals surface area contributed by atoms with Gasteiger partial charge in [0.2, 0.25) is 0 Å². The van der Waals surface area contributed by atoms with Crippen LogP contribution >= 0.6 is 0 Å². The highest BCUT2D eigenvalue weighted by Crippen LogP contribution is 2.06. The third-order valence-corrected chi connectivity index (χ3v) is 2.26. The Hall–Kier alpha value is -0.850. The van der Waals surface area contributed by atoms with Gasteiger partial charge in [-0.25, -0.2) is 0 Å². The third kappa shape index (κ3) is 4.07. The van der Waals surface area contributed by atoms with Gasteiger partial charge in [-0.15, -0.1) is 0 Å². The first-order chi connectivity index (χ1) is 6.33. The van der Waals surface area contributed by atoms with E-state index in [-0.39, 0.29) is 0 Å². The van der Waals surface area contributed by atoms with Crippen molar-refractivity contribution in [3.05, 3.63) is 29.6 Å². The Morgan fingerprint density at radius 3 is 2.62 bits per heavy atom. The van der Waals surface area contributed by atoms with Gasteiger partial charge in [-0.1, -0.05) is 32.3 Å². The monoisotopic (exact) mass is 177 g/mol. The van der Waals surface area contributed by atoms with E-state index < -0.39 is 0 Å². The Balaban J connectivity index is 2.25. The lowest BCUT2D eigenvalue weighted by atomic mass is 10.1. The van der Waals surface area contributed by atoms with Crippen LogP contribution in [0.2, 0.25) is 0 Å². The molecular formula is C12H19N. The minimum atomic E-state index is 1.14. The van der Waals surface area contributed by atoms with Crippen LogP contribution in [0.1, 0.15) is 43.9 Å². The van der Waals surface area contributed by atoms with Gasteiger partial charge < -0.3 is 0 Å². The number of aromatic nitrogens is 1. The van der Waals surface area contributed by atoms with Gasteiger partial charge in [0.05, 0.1) is 0 Å². The van der Waals surface area contributed by atoms with Crippen molar-refractivity contribution in [2.75, 3.05) is 0 Å². The normalized spacial score (nSPS) is 10.3. The zero-order valence-corrected chi connectivity index (χ0v) is 8.71. The van der Waals surface area contributed by atoms with Gasteiger partial charge in [0.25, 0.3) is 0 Å². The van der Waals surface area contributed by atoms with Crippen LogP contribution in [0.4, 0.5) is 0 Å². The van der Waals surface area contributed by atoms with Gasteiger partial charge in [-0.05, 0) is 31.4 Å². The van der Waals surface area contributed by atoms with E-state index in [1.54, 1.807) is 0 Å². The molecule has 13 heavy (non-hydrogen) atoms. The molecule has 0 atom stereocenters. The molecule has 0 spiro atoms. The molecule has 72 valence electrons. The highest BCUT2D eigenvalue weighted by molar-refractivity contribution is 5.12. The molecule has 0 bridgehead atoms. The fourth-order valence-corrected chi connectivity index (χ4v) is 1.38. The summed E-state index contributed by atoms with van der Waals surface area (Å²) in [4.78, 5) is 4.38. The van der Waals surface area contributed by atoms with Crippen molar-refractivity contribution in [2.24, 2.45) is 0 Å². The number of aryl methyl sites for hydroxylation is 2. The molecule has 0 amide bonds. The first kappa shape index (κ1) is 10.2. The summed E-state index contributed by atoms with van der Waals surface area (Å²) in [7, 11) is 0. The minimum absolute atomic E-state index is 1.14. The molecule has 0 aliphatic carbocycles. The van der Waals surface area contributed by atoms with Crippen molar-refractivity contribution in [1.82, 2.24) is 4.98 Å². The van der Waals surface area contributed by atoms with Crippen LogP contribution in [0.3, 0.4) is 0 Å². The molecule has 0 unspecified atom stereocenters. The predicted molar refractivity (Wildman–Crippen MR) is 56.8 cm³/mol. The number of unbranched alkanes of at least 4 members (excludes halogenated alkanes) is 3. The number of nitrogens with zero attached hydrogens (tertiary/aromatic N) is 1. The van der Waals surface area contributed by atoms with Gasteiger partial charge in [-0.2, -0.15) is 0 Å². The smallest absolute Gasteiger partial charge is 0.0403 e. The highest BCUT2D eigenvalue weighted by Gasteiger charge is 1.93. The minimum Gasteiger partial charge on any atom is -0.261 e. The van der Waals surface area contributed by atoms with Crippen molar-refractivity contribution < 1.29 is 0 Å². The summed E-state index contributed by atoms with van der Waals surface area (Å²) in [5.74, 6) is 0. The maximum absolute atomic E-state index is 4.38. The molecule has 1 aromatic rings. The lowest BCUT2D eigenvalue weighted by molar-refractivity contribution is 0.660. The molecule has 1 heterocycles. The summed E-state index contributed by atoms with van der Waals surface area (Å²) in [5, 5.41) is 0. The summed E-state index contributed by atoms with van der Waals surface area (Å²) < 4.78 is 0. The van der Waals surface area contributed by atoms with Crippen LogP contribution in [0, 0.1) is 6.92 Å². The van der Waals surface area contributed by atoms with E-state index in [0.717, 1.165) is 6.42 Å². The Bertz CT molecular complexity index is 225. The van der Waals surface area contributed by atoms with Crippen molar-refractivity contribution in [3.8, 4) is 0 Å². The van der Waals surface area contributed by atoms with Crippen LogP contribution in [0.25, 0.3) is 0 Å². The molecule has 0 N–H and O–H groups in total. The van der Waals surface area contributed by atoms with Gasteiger partial charge in [-0.3, -0.25) is 4.98 Å². The third-order valence-electron chi connectivity index (χ3n) is 2.26. The standard InChI is InChI=1S/C12H19N/c1-3-4-5-6-7-12-9-8-11(2)10-13-12/h8-10H,3-7H2,1-2H3. The Labute approximate surface area is 81.2 Å². The second-order valence-electron chi connectivity index (χ2n) is 3.64. The molecule has 0 aliphatic heterocycles. The molecule has 0 saturated carbocycles. The fourth-order valence-electron chi connectivity index (χ4n) is 1.38. The molecule has 1 aromatic heterocycles. The average Bonchev–Trinajstić information content (AvgIpc) is 2.15. The second-order valence-corrected chi connectivity index (χ2v) is 3.64. The molecule has 0 saturated heterocycles. The van der Waals surface area contributed by atoms with Gasteiger partial charge in [0.1, 0.15) is 0 Å². The lowest BCUT2D eigenvalue weighted by Crippen LogP contribution is -1.90. The quantitative estimate of drug-likeness (QED) is 0.627. The number of hydrogen-bond donors (Lipinski definition) is 0. The van der Waals surface area contributed by atoms with Crippen molar-refractivity contribution in [3.63, 3.8) is 0 Å². The predicted octanol–water partition coefficient (Wildman–Crippen LogP) is 3.51. The van der Waals surface area contributed by atoms with E-state index in [4.69, 9.17) is 0 Å². The average molecular weight is 177 g/mol. The van der Waals surface area contributed by atoms with E-state index in [2.05, 4.69) is 31.0 Å². The summed E-state index contributed by atoms with van der Waals surface area (Å²) in [6.07, 6.45) is 8.37. The number of pyridine rings is 1. The SMILES string of the molecule is CCCCCCc1ccc(C)cn1. The largest absolute Gasteiger partial charge is 0.261 e. The molecular weight excluding hydrogens is 158 g/mol. The van der Waals surface area contributed by atoms with Gasteiger partial charge in [0, 0.05) is 11.9 Å². The van der Waals surface area contributed by atoms with E-state index in [9.17, 15) is 0 Å². The van der Waals surface area contributed by atoms with E-state index in [0.29, 0.717) is 0 Å². The molecule has 0 radical (unpaired) electrons. The van der Waals surface area contributed by atoms with Crippen LogP contribution in [0.15, 0.2) is 18.3 Å². The van der Waals surface area contributed by atoms with E-state index >= 15 is 0 Å². The fraction of sp³-hybridized carbons (Fsp3) is 0.583. The molecule has 0 aliphatic rings. The first-order valence-electron chi connectivity index (χ1n) is 5.24. The van der Waals surface area contributed by atoms with E-state index in [1.807, 2.05) is 6.20 Å². The topological polar surface area (TPSA) is 12.9 Å². The molecule has 0 fully saturated rings. The lowest BCUT2D eigenvalue weighted by Gasteiger charge is -2.00. The summed E-state index contributed by atoms with van der Waals surface area (Å²) in [6.45, 7) is 4.32.